The van der Waals surface area contributed by atoms with E-state index in [0.717, 1.165) is 6.42 Å². The summed E-state index contributed by atoms with van der Waals surface area (Å²) in [6, 6.07) is 6.84. The van der Waals surface area contributed by atoms with Crippen molar-refractivity contribution in [2.24, 2.45) is 5.92 Å². The molecular formula is C19H28ClN3O2. The Morgan fingerprint density at radius 1 is 1.24 bits per heavy atom. The molecule has 1 aromatic rings. The predicted molar refractivity (Wildman–Crippen MR) is 102 cm³/mol. The Bertz CT molecular complexity index is 591. The number of carbonyl (C=O) groups is 2. The third-order valence-electron chi connectivity index (χ3n) is 5.00. The van der Waals surface area contributed by atoms with Crippen LogP contribution in [0.5, 0.6) is 0 Å². The number of anilines is 1. The van der Waals surface area contributed by atoms with Crippen LogP contribution in [0.1, 0.15) is 39.5 Å². The number of hydrogen-bond acceptors (Lipinski definition) is 3. The number of nitrogens with zero attached hydrogens (tertiary/aromatic N) is 1. The van der Waals surface area contributed by atoms with Gasteiger partial charge < -0.3 is 10.6 Å². The minimum atomic E-state index is -0.356. The molecule has 2 rings (SSSR count). The lowest BCUT2D eigenvalue weighted by molar-refractivity contribution is -0.127. The van der Waals surface area contributed by atoms with Gasteiger partial charge in [0.05, 0.1) is 12.6 Å². The summed E-state index contributed by atoms with van der Waals surface area (Å²) >= 11 is 5.83. The van der Waals surface area contributed by atoms with Crippen LogP contribution in [0, 0.1) is 5.92 Å². The van der Waals surface area contributed by atoms with Crippen molar-refractivity contribution in [2.75, 3.05) is 18.9 Å². The van der Waals surface area contributed by atoms with Gasteiger partial charge in [-0.15, -0.1) is 0 Å². The lowest BCUT2D eigenvalue weighted by Gasteiger charge is -2.32. The Balaban J connectivity index is 1.81. The molecule has 1 aliphatic carbocycles. The Hall–Kier alpha value is -1.59. The van der Waals surface area contributed by atoms with Crippen LogP contribution in [-0.2, 0) is 9.59 Å². The second kappa shape index (κ2) is 9.20. The number of hydrogen-bond donors (Lipinski definition) is 2. The van der Waals surface area contributed by atoms with Crippen molar-refractivity contribution >= 4 is 29.1 Å². The molecule has 0 bridgehead atoms. The van der Waals surface area contributed by atoms with E-state index in [2.05, 4.69) is 17.6 Å². The molecule has 1 aromatic carbocycles. The second-order valence-electron chi connectivity index (χ2n) is 7.02. The van der Waals surface area contributed by atoms with Crippen LogP contribution in [-0.4, -0.2) is 42.4 Å². The maximum atomic E-state index is 12.5. The smallest absolute Gasteiger partial charge is 0.238 e. The molecule has 0 aromatic heterocycles. The normalized spacial score (nSPS) is 21.6. The molecule has 1 aliphatic rings. The first-order valence-corrected chi connectivity index (χ1v) is 9.30. The fourth-order valence-electron chi connectivity index (χ4n) is 3.13. The van der Waals surface area contributed by atoms with Crippen molar-refractivity contribution in [1.29, 1.82) is 0 Å². The van der Waals surface area contributed by atoms with Crippen LogP contribution in [0.15, 0.2) is 24.3 Å². The molecule has 5 nitrogen and oxygen atoms in total. The molecule has 0 aliphatic heterocycles. The van der Waals surface area contributed by atoms with Crippen molar-refractivity contribution in [2.45, 2.75) is 51.6 Å². The van der Waals surface area contributed by atoms with E-state index in [0.29, 0.717) is 16.6 Å². The van der Waals surface area contributed by atoms with Gasteiger partial charge >= 0.3 is 0 Å². The Morgan fingerprint density at radius 2 is 1.88 bits per heavy atom. The zero-order valence-electron chi connectivity index (χ0n) is 15.2. The molecular weight excluding hydrogens is 338 g/mol. The fourth-order valence-corrected chi connectivity index (χ4v) is 3.26. The van der Waals surface area contributed by atoms with E-state index in [1.807, 2.05) is 6.92 Å². The molecule has 2 N–H and O–H groups in total. The lowest BCUT2D eigenvalue weighted by Crippen LogP contribution is -2.50. The maximum Gasteiger partial charge on any atom is 0.238 e. The summed E-state index contributed by atoms with van der Waals surface area (Å²) in [6.45, 7) is 4.17. The molecule has 0 radical (unpaired) electrons. The predicted octanol–water partition coefficient (Wildman–Crippen LogP) is 3.29. The molecule has 1 saturated carbocycles. The number of carbonyl (C=O) groups excluding carboxylic acids is 2. The zero-order valence-corrected chi connectivity index (χ0v) is 16.0. The van der Waals surface area contributed by atoms with Crippen molar-refractivity contribution in [3.05, 3.63) is 29.3 Å². The molecule has 0 heterocycles. The van der Waals surface area contributed by atoms with Gasteiger partial charge in [0.1, 0.15) is 0 Å². The first kappa shape index (κ1) is 19.7. The van der Waals surface area contributed by atoms with Gasteiger partial charge in [0.25, 0.3) is 0 Å². The van der Waals surface area contributed by atoms with Gasteiger partial charge in [-0.05, 0) is 57.0 Å². The highest BCUT2D eigenvalue weighted by atomic mass is 35.5. The Labute approximate surface area is 155 Å². The van der Waals surface area contributed by atoms with Crippen LogP contribution < -0.4 is 10.6 Å². The minimum absolute atomic E-state index is 0.0134. The van der Waals surface area contributed by atoms with Crippen molar-refractivity contribution in [1.82, 2.24) is 10.2 Å². The number of halogens is 1. The second-order valence-corrected chi connectivity index (χ2v) is 7.46. The average Bonchev–Trinajstić information content (AvgIpc) is 2.58. The monoisotopic (exact) mass is 365 g/mol. The summed E-state index contributed by atoms with van der Waals surface area (Å²) in [5.41, 5.74) is 0.691. The highest BCUT2D eigenvalue weighted by Crippen LogP contribution is 2.23. The summed E-state index contributed by atoms with van der Waals surface area (Å²) in [6.07, 6.45) is 4.62. The van der Waals surface area contributed by atoms with Gasteiger partial charge in [-0.1, -0.05) is 31.4 Å². The van der Waals surface area contributed by atoms with Crippen LogP contribution in [0.25, 0.3) is 0 Å². The summed E-state index contributed by atoms with van der Waals surface area (Å²) < 4.78 is 0. The van der Waals surface area contributed by atoms with E-state index in [4.69, 9.17) is 11.6 Å². The molecule has 0 spiro atoms. The van der Waals surface area contributed by atoms with E-state index in [-0.39, 0.29) is 30.4 Å². The number of nitrogens with one attached hydrogen (secondary N) is 2. The van der Waals surface area contributed by atoms with Gasteiger partial charge in [0.2, 0.25) is 11.8 Å². The number of benzene rings is 1. The summed E-state index contributed by atoms with van der Waals surface area (Å²) in [7, 11) is 1.79. The molecule has 138 valence electrons. The van der Waals surface area contributed by atoms with Crippen molar-refractivity contribution in [3.63, 3.8) is 0 Å². The van der Waals surface area contributed by atoms with Crippen molar-refractivity contribution < 1.29 is 9.59 Å². The number of likely N-dealkylation sites (N-methyl/N-ethyl adjacent to an activating group) is 1. The lowest BCUT2D eigenvalue weighted by atomic mass is 9.86. The third kappa shape index (κ3) is 6.01. The molecule has 25 heavy (non-hydrogen) atoms. The van der Waals surface area contributed by atoms with E-state index in [1.54, 1.807) is 36.2 Å². The topological polar surface area (TPSA) is 61.4 Å². The SMILES string of the molecule is C[C@H](C(=O)N[C@@H]1CCCC[C@@H]1C)N(C)CC(=O)Nc1ccc(Cl)cc1. The van der Waals surface area contributed by atoms with E-state index >= 15 is 0 Å². The molecule has 0 unspecified atom stereocenters. The molecule has 2 amide bonds. The number of amides is 2. The van der Waals surface area contributed by atoms with E-state index < -0.39 is 0 Å². The molecule has 6 heteroatoms. The molecule has 1 fully saturated rings. The molecule has 0 saturated heterocycles. The van der Waals surface area contributed by atoms with Crippen LogP contribution >= 0.6 is 11.6 Å². The third-order valence-corrected chi connectivity index (χ3v) is 5.25. The Morgan fingerprint density at radius 3 is 2.52 bits per heavy atom. The zero-order chi connectivity index (χ0) is 18.4. The van der Waals surface area contributed by atoms with Gasteiger partial charge in [0, 0.05) is 16.8 Å². The maximum absolute atomic E-state index is 12.5. The van der Waals surface area contributed by atoms with Crippen LogP contribution in [0.3, 0.4) is 0 Å². The standard InChI is InChI=1S/C19H28ClN3O2/c1-13-6-4-5-7-17(13)22-19(25)14(2)23(3)12-18(24)21-16-10-8-15(20)9-11-16/h8-11,13-14,17H,4-7,12H2,1-3H3,(H,21,24)(H,22,25)/t13-,14+,17+/m0/s1. The summed E-state index contributed by atoms with van der Waals surface area (Å²) in [4.78, 5) is 26.4. The minimum Gasteiger partial charge on any atom is -0.352 e. The van der Waals surface area contributed by atoms with Gasteiger partial charge in [-0.2, -0.15) is 0 Å². The Kier molecular flexibility index (Phi) is 7.26. The van der Waals surface area contributed by atoms with E-state index in [9.17, 15) is 9.59 Å². The van der Waals surface area contributed by atoms with Gasteiger partial charge in [-0.3, -0.25) is 14.5 Å². The first-order valence-electron chi connectivity index (χ1n) is 8.93. The van der Waals surface area contributed by atoms with Crippen LogP contribution in [0.4, 0.5) is 5.69 Å². The van der Waals surface area contributed by atoms with Crippen molar-refractivity contribution in [3.8, 4) is 0 Å². The van der Waals surface area contributed by atoms with E-state index in [1.165, 1.54) is 19.3 Å². The quantitative estimate of drug-likeness (QED) is 0.813. The first-order chi connectivity index (χ1) is 11.9. The van der Waals surface area contributed by atoms with Gasteiger partial charge in [-0.25, -0.2) is 0 Å². The van der Waals surface area contributed by atoms with Gasteiger partial charge in [0.15, 0.2) is 0 Å². The summed E-state index contributed by atoms with van der Waals surface area (Å²) in [5.74, 6) is 0.347. The fraction of sp³-hybridized carbons (Fsp3) is 0.579. The summed E-state index contributed by atoms with van der Waals surface area (Å²) in [5, 5.41) is 6.59. The highest BCUT2D eigenvalue weighted by molar-refractivity contribution is 6.30. The largest absolute Gasteiger partial charge is 0.352 e. The number of rotatable bonds is 6. The van der Waals surface area contributed by atoms with Crippen LogP contribution in [0.2, 0.25) is 5.02 Å². The highest BCUT2D eigenvalue weighted by Gasteiger charge is 2.26. The molecule has 3 atom stereocenters. The average molecular weight is 366 g/mol.